The predicted molar refractivity (Wildman–Crippen MR) is 74.5 cm³/mol. The van der Waals surface area contributed by atoms with Crippen LogP contribution in [0.1, 0.15) is 44.2 Å². The van der Waals surface area contributed by atoms with Crippen molar-refractivity contribution < 1.29 is 0 Å². The van der Waals surface area contributed by atoms with Gasteiger partial charge in [0.25, 0.3) is 0 Å². The van der Waals surface area contributed by atoms with Crippen LogP contribution in [0.5, 0.6) is 0 Å². The Hall–Kier alpha value is -0.470. The van der Waals surface area contributed by atoms with E-state index in [1.54, 1.807) is 0 Å². The number of thioether (sulfide) groups is 1. The molecule has 0 saturated heterocycles. The fraction of sp³-hybridized carbons (Fsp3) is 0.600. The molecule has 3 unspecified atom stereocenters. The van der Waals surface area contributed by atoms with Crippen LogP contribution in [0, 0.1) is 5.92 Å². The number of hydrogen-bond donors (Lipinski definition) is 1. The lowest BCUT2D eigenvalue weighted by atomic mass is 9.86. The van der Waals surface area contributed by atoms with Gasteiger partial charge >= 0.3 is 0 Å². The average molecular weight is 247 g/mol. The van der Waals surface area contributed by atoms with E-state index in [-0.39, 0.29) is 0 Å². The molecule has 0 bridgehead atoms. The molecule has 1 heterocycles. The van der Waals surface area contributed by atoms with E-state index >= 15 is 0 Å². The SMILES string of the molecule is CC1CCCC(NC2CSc3ccccc32)C1. The van der Waals surface area contributed by atoms with Gasteiger partial charge in [-0.25, -0.2) is 0 Å². The molecule has 3 atom stereocenters. The molecule has 1 aromatic rings. The summed E-state index contributed by atoms with van der Waals surface area (Å²) in [7, 11) is 0. The Morgan fingerprint density at radius 1 is 1.24 bits per heavy atom. The number of hydrogen-bond acceptors (Lipinski definition) is 2. The van der Waals surface area contributed by atoms with Gasteiger partial charge in [0.15, 0.2) is 0 Å². The standard InChI is InChI=1S/C15H21NS/c1-11-5-4-6-12(9-11)16-14-10-17-15-8-3-2-7-13(14)15/h2-3,7-8,11-12,14,16H,4-6,9-10H2,1H3. The topological polar surface area (TPSA) is 12.0 Å². The van der Waals surface area contributed by atoms with Crippen LogP contribution >= 0.6 is 11.8 Å². The molecule has 1 N–H and O–H groups in total. The second-order valence-corrected chi connectivity index (χ2v) is 6.60. The maximum Gasteiger partial charge on any atom is 0.0428 e. The quantitative estimate of drug-likeness (QED) is 0.847. The average Bonchev–Trinajstić information content (AvgIpc) is 2.73. The van der Waals surface area contributed by atoms with Crippen LogP contribution in [0.15, 0.2) is 29.2 Å². The van der Waals surface area contributed by atoms with E-state index in [0.717, 1.165) is 12.0 Å². The van der Waals surface area contributed by atoms with Crippen molar-refractivity contribution >= 4 is 11.8 Å². The third kappa shape index (κ3) is 2.53. The molecule has 3 rings (SSSR count). The van der Waals surface area contributed by atoms with E-state index in [9.17, 15) is 0 Å². The summed E-state index contributed by atoms with van der Waals surface area (Å²) in [6.45, 7) is 2.39. The molecule has 17 heavy (non-hydrogen) atoms. The van der Waals surface area contributed by atoms with Gasteiger partial charge in [-0.2, -0.15) is 0 Å². The van der Waals surface area contributed by atoms with Gasteiger partial charge in [-0.3, -0.25) is 0 Å². The summed E-state index contributed by atoms with van der Waals surface area (Å²) in [6.07, 6.45) is 5.56. The summed E-state index contributed by atoms with van der Waals surface area (Å²) in [5.74, 6) is 2.12. The molecule has 1 fully saturated rings. The number of benzene rings is 1. The second kappa shape index (κ2) is 5.03. The van der Waals surface area contributed by atoms with Gasteiger partial charge in [0.1, 0.15) is 0 Å². The van der Waals surface area contributed by atoms with Gasteiger partial charge in [-0.1, -0.05) is 38.0 Å². The fourth-order valence-electron chi connectivity index (χ4n) is 3.17. The molecule has 1 nitrogen and oxygen atoms in total. The molecular formula is C15H21NS. The Kier molecular flexibility index (Phi) is 3.44. The molecule has 0 aromatic heterocycles. The lowest BCUT2D eigenvalue weighted by Gasteiger charge is -2.30. The van der Waals surface area contributed by atoms with Crippen LogP contribution < -0.4 is 5.32 Å². The van der Waals surface area contributed by atoms with E-state index < -0.39 is 0 Å². The van der Waals surface area contributed by atoms with Gasteiger partial charge in [-0.05, 0) is 30.4 Å². The molecule has 1 aliphatic carbocycles. The van der Waals surface area contributed by atoms with Crippen molar-refractivity contribution in [2.45, 2.75) is 49.6 Å². The lowest BCUT2D eigenvalue weighted by molar-refractivity contribution is 0.287. The summed E-state index contributed by atoms with van der Waals surface area (Å²) in [5, 5.41) is 3.88. The normalized spacial score (nSPS) is 32.4. The molecule has 0 radical (unpaired) electrons. The molecular weight excluding hydrogens is 226 g/mol. The third-order valence-electron chi connectivity index (χ3n) is 4.07. The highest BCUT2D eigenvalue weighted by atomic mass is 32.2. The van der Waals surface area contributed by atoms with Crippen LogP contribution in [0.2, 0.25) is 0 Å². The summed E-state index contributed by atoms with van der Waals surface area (Å²) in [4.78, 5) is 1.48. The van der Waals surface area contributed by atoms with Crippen molar-refractivity contribution in [3.05, 3.63) is 29.8 Å². The maximum absolute atomic E-state index is 3.88. The van der Waals surface area contributed by atoms with Crippen LogP contribution in [0.4, 0.5) is 0 Å². The van der Waals surface area contributed by atoms with Gasteiger partial charge < -0.3 is 5.32 Å². The molecule has 1 aromatic carbocycles. The second-order valence-electron chi connectivity index (χ2n) is 5.54. The zero-order valence-electron chi connectivity index (χ0n) is 10.5. The first-order valence-electron chi connectivity index (χ1n) is 6.80. The highest BCUT2D eigenvalue weighted by Gasteiger charge is 2.26. The first kappa shape index (κ1) is 11.6. The van der Waals surface area contributed by atoms with Crippen LogP contribution in [-0.4, -0.2) is 11.8 Å². The maximum atomic E-state index is 3.88. The van der Waals surface area contributed by atoms with Gasteiger partial charge in [0.2, 0.25) is 0 Å². The van der Waals surface area contributed by atoms with Crippen LogP contribution in [-0.2, 0) is 0 Å². The molecule has 1 aliphatic heterocycles. The highest BCUT2D eigenvalue weighted by Crippen LogP contribution is 2.38. The minimum absolute atomic E-state index is 0.589. The Balaban J connectivity index is 1.67. The first-order chi connectivity index (χ1) is 8.33. The summed E-state index contributed by atoms with van der Waals surface area (Å²) >= 11 is 2.00. The van der Waals surface area contributed by atoms with Crippen molar-refractivity contribution in [2.75, 3.05) is 5.75 Å². The van der Waals surface area contributed by atoms with E-state index in [4.69, 9.17) is 0 Å². The smallest absolute Gasteiger partial charge is 0.0428 e. The van der Waals surface area contributed by atoms with Gasteiger partial charge in [-0.15, -0.1) is 11.8 Å². The molecule has 0 spiro atoms. The number of fused-ring (bicyclic) bond motifs is 1. The molecule has 2 aliphatic rings. The number of nitrogens with one attached hydrogen (secondary N) is 1. The van der Waals surface area contributed by atoms with Crippen molar-refractivity contribution in [1.29, 1.82) is 0 Å². The predicted octanol–water partition coefficient (Wildman–Crippen LogP) is 4.00. The summed E-state index contributed by atoms with van der Waals surface area (Å²) in [5.41, 5.74) is 1.52. The molecule has 0 amide bonds. The van der Waals surface area contributed by atoms with E-state index in [0.29, 0.717) is 6.04 Å². The largest absolute Gasteiger partial charge is 0.306 e. The van der Waals surface area contributed by atoms with E-state index in [2.05, 4.69) is 36.5 Å². The minimum Gasteiger partial charge on any atom is -0.306 e. The van der Waals surface area contributed by atoms with Gasteiger partial charge in [0.05, 0.1) is 0 Å². The van der Waals surface area contributed by atoms with Crippen LogP contribution in [0.3, 0.4) is 0 Å². The van der Waals surface area contributed by atoms with Crippen molar-refractivity contribution in [2.24, 2.45) is 5.92 Å². The van der Waals surface area contributed by atoms with Gasteiger partial charge in [0, 0.05) is 22.7 Å². The van der Waals surface area contributed by atoms with Crippen LogP contribution in [0.25, 0.3) is 0 Å². The van der Waals surface area contributed by atoms with E-state index in [1.165, 1.54) is 41.9 Å². The summed E-state index contributed by atoms with van der Waals surface area (Å²) in [6, 6.07) is 10.2. The Morgan fingerprint density at radius 2 is 2.12 bits per heavy atom. The zero-order chi connectivity index (χ0) is 11.7. The highest BCUT2D eigenvalue weighted by molar-refractivity contribution is 7.99. The Labute approximate surface area is 108 Å². The molecule has 2 heteroatoms. The first-order valence-corrected chi connectivity index (χ1v) is 7.79. The zero-order valence-corrected chi connectivity index (χ0v) is 11.3. The van der Waals surface area contributed by atoms with E-state index in [1.807, 2.05) is 11.8 Å². The van der Waals surface area contributed by atoms with Crippen molar-refractivity contribution in [1.82, 2.24) is 5.32 Å². The number of rotatable bonds is 2. The fourth-order valence-corrected chi connectivity index (χ4v) is 4.34. The monoisotopic (exact) mass is 247 g/mol. The molecule has 92 valence electrons. The lowest BCUT2D eigenvalue weighted by Crippen LogP contribution is -2.36. The summed E-state index contributed by atoms with van der Waals surface area (Å²) < 4.78 is 0. The Bertz CT molecular complexity index is 390. The van der Waals surface area contributed by atoms with Crippen molar-refractivity contribution in [3.8, 4) is 0 Å². The third-order valence-corrected chi connectivity index (χ3v) is 5.26. The Morgan fingerprint density at radius 3 is 3.00 bits per heavy atom. The molecule has 1 saturated carbocycles. The van der Waals surface area contributed by atoms with Crippen molar-refractivity contribution in [3.63, 3.8) is 0 Å². The minimum atomic E-state index is 0.589.